The van der Waals surface area contributed by atoms with Gasteiger partial charge in [0.15, 0.2) is 0 Å². The number of carbonyl (C=O) groups excluding carboxylic acids is 2. The maximum atomic E-state index is 13.7. The molecule has 1 aromatic carbocycles. The molecule has 4 aromatic rings. The predicted molar refractivity (Wildman–Crippen MR) is 138 cm³/mol. The highest BCUT2D eigenvalue weighted by Crippen LogP contribution is 2.42. The fraction of sp³-hybridized carbons (Fsp3) is 0.214. The molecule has 0 unspecified atom stereocenters. The topological polar surface area (TPSA) is 75.2 Å². The summed E-state index contributed by atoms with van der Waals surface area (Å²) in [5.41, 5.74) is 6.03. The molecule has 6 rings (SSSR count). The van der Waals surface area contributed by atoms with Crippen LogP contribution in [0.3, 0.4) is 0 Å². The van der Waals surface area contributed by atoms with Gasteiger partial charge in [-0.15, -0.1) is 11.3 Å². The number of aryl methyl sites for hydroxylation is 1. The number of nitrogens with zero attached hydrogens (tertiary/aromatic N) is 3. The van der Waals surface area contributed by atoms with Crippen LogP contribution in [0.4, 0.5) is 5.69 Å². The lowest BCUT2D eigenvalue weighted by molar-refractivity contribution is 0.0952. The van der Waals surface area contributed by atoms with Crippen molar-refractivity contribution in [3.63, 3.8) is 0 Å². The molecule has 7 heteroatoms. The van der Waals surface area contributed by atoms with Gasteiger partial charge in [0.05, 0.1) is 16.3 Å². The number of pyridine rings is 2. The van der Waals surface area contributed by atoms with Gasteiger partial charge in [0.25, 0.3) is 11.8 Å². The van der Waals surface area contributed by atoms with Crippen LogP contribution in [0.25, 0.3) is 21.7 Å². The third-order valence-corrected chi connectivity index (χ3v) is 7.73. The first-order chi connectivity index (χ1) is 17.1. The highest BCUT2D eigenvalue weighted by atomic mass is 32.1. The van der Waals surface area contributed by atoms with E-state index in [1.54, 1.807) is 18.5 Å². The van der Waals surface area contributed by atoms with E-state index >= 15 is 0 Å². The van der Waals surface area contributed by atoms with Gasteiger partial charge >= 0.3 is 0 Å². The van der Waals surface area contributed by atoms with Crippen LogP contribution in [-0.2, 0) is 6.42 Å². The number of anilines is 1. The molecule has 4 heterocycles. The number of para-hydroxylation sites is 1. The van der Waals surface area contributed by atoms with Crippen LogP contribution in [-0.4, -0.2) is 34.4 Å². The molecule has 1 fully saturated rings. The van der Waals surface area contributed by atoms with E-state index in [1.807, 2.05) is 60.4 Å². The summed E-state index contributed by atoms with van der Waals surface area (Å²) in [4.78, 5) is 38.9. The molecule has 1 N–H and O–H groups in total. The fourth-order valence-electron chi connectivity index (χ4n) is 4.48. The normalized spacial score (nSPS) is 14.6. The Labute approximate surface area is 207 Å². The fourth-order valence-corrected chi connectivity index (χ4v) is 5.62. The van der Waals surface area contributed by atoms with Crippen LogP contribution in [0.1, 0.15) is 44.1 Å². The molecule has 0 radical (unpaired) electrons. The van der Waals surface area contributed by atoms with Crippen molar-refractivity contribution in [1.82, 2.24) is 15.3 Å². The number of fused-ring (bicyclic) bond motifs is 3. The number of hydrogen-bond donors (Lipinski definition) is 1. The lowest BCUT2D eigenvalue weighted by Crippen LogP contribution is -2.33. The molecule has 2 aliphatic rings. The summed E-state index contributed by atoms with van der Waals surface area (Å²) < 4.78 is 0. The zero-order valence-electron chi connectivity index (χ0n) is 19.3. The Morgan fingerprint density at radius 1 is 1.06 bits per heavy atom. The highest BCUT2D eigenvalue weighted by molar-refractivity contribution is 7.17. The number of aromatic nitrogens is 2. The van der Waals surface area contributed by atoms with Gasteiger partial charge in [0.2, 0.25) is 0 Å². The summed E-state index contributed by atoms with van der Waals surface area (Å²) in [5, 5.41) is 3.08. The molecule has 174 valence electrons. The maximum Gasteiger partial charge on any atom is 0.276 e. The zero-order chi connectivity index (χ0) is 23.9. The van der Waals surface area contributed by atoms with E-state index < -0.39 is 0 Å². The number of hydrogen-bond acceptors (Lipinski definition) is 5. The number of rotatable bonds is 4. The minimum Gasteiger partial charge on any atom is -0.349 e. The van der Waals surface area contributed by atoms with Crippen LogP contribution >= 0.6 is 11.3 Å². The van der Waals surface area contributed by atoms with Gasteiger partial charge in [-0.3, -0.25) is 14.6 Å². The van der Waals surface area contributed by atoms with Crippen LogP contribution in [0, 0.1) is 6.92 Å². The molecule has 1 aliphatic heterocycles. The lowest BCUT2D eigenvalue weighted by atomic mass is 10.1. The minimum absolute atomic E-state index is 0.00250. The van der Waals surface area contributed by atoms with Crippen molar-refractivity contribution in [2.45, 2.75) is 32.2 Å². The number of amides is 2. The van der Waals surface area contributed by atoms with Gasteiger partial charge in [-0.05, 0) is 67.6 Å². The van der Waals surface area contributed by atoms with Gasteiger partial charge in [0, 0.05) is 41.0 Å². The molecule has 0 spiro atoms. The summed E-state index contributed by atoms with van der Waals surface area (Å²) in [6, 6.07) is 17.7. The van der Waals surface area contributed by atoms with E-state index in [4.69, 9.17) is 4.98 Å². The summed E-state index contributed by atoms with van der Waals surface area (Å²) >= 11 is 1.51. The first kappa shape index (κ1) is 21.7. The molecular weight excluding hydrogens is 456 g/mol. The van der Waals surface area contributed by atoms with Gasteiger partial charge in [0.1, 0.15) is 5.69 Å². The maximum absolute atomic E-state index is 13.7. The van der Waals surface area contributed by atoms with Gasteiger partial charge in [-0.1, -0.05) is 24.3 Å². The standard InChI is InChI=1S/C28H24N4O2S/c1-17-11-13-29-16-21(17)22-6-4-7-23(31-22)28(34)32-14-12-18-15-25(27(33)30-19-9-10-19)35-26(18)20-5-2-3-8-24(20)32/h2-8,11,13,15-16,19H,9-10,12,14H2,1H3,(H,30,33). The molecule has 1 saturated carbocycles. The monoisotopic (exact) mass is 480 g/mol. The third-order valence-electron chi connectivity index (χ3n) is 6.52. The van der Waals surface area contributed by atoms with Crippen molar-refractivity contribution in [2.24, 2.45) is 0 Å². The first-order valence-electron chi connectivity index (χ1n) is 11.8. The summed E-state index contributed by atoms with van der Waals surface area (Å²) in [5.74, 6) is -0.134. The number of nitrogens with one attached hydrogen (secondary N) is 1. The van der Waals surface area contributed by atoms with Crippen LogP contribution in [0.15, 0.2) is 67.0 Å². The Morgan fingerprint density at radius 3 is 2.74 bits per heavy atom. The molecule has 3 aromatic heterocycles. The average Bonchev–Trinajstić information content (AvgIpc) is 3.62. The Kier molecular flexibility index (Phi) is 5.41. The van der Waals surface area contributed by atoms with E-state index in [1.165, 1.54) is 11.3 Å². The summed E-state index contributed by atoms with van der Waals surface area (Å²) in [6.45, 7) is 2.52. The van der Waals surface area contributed by atoms with E-state index in [9.17, 15) is 9.59 Å². The van der Waals surface area contributed by atoms with Crippen LogP contribution < -0.4 is 10.2 Å². The SMILES string of the molecule is Cc1ccncc1-c1cccc(C(=O)N2CCc3cc(C(=O)NC4CC4)sc3-c3ccccc32)n1. The van der Waals surface area contributed by atoms with Crippen molar-refractivity contribution in [1.29, 1.82) is 0 Å². The predicted octanol–water partition coefficient (Wildman–Crippen LogP) is 5.28. The lowest BCUT2D eigenvalue weighted by Gasteiger charge is -2.23. The largest absolute Gasteiger partial charge is 0.349 e. The second kappa shape index (κ2) is 8.74. The van der Waals surface area contributed by atoms with Crippen LogP contribution in [0.2, 0.25) is 0 Å². The number of benzene rings is 1. The van der Waals surface area contributed by atoms with Gasteiger partial charge in [-0.2, -0.15) is 0 Å². The molecule has 6 nitrogen and oxygen atoms in total. The van der Waals surface area contributed by atoms with E-state index in [2.05, 4.69) is 10.3 Å². The molecule has 0 atom stereocenters. The Balaban J connectivity index is 1.35. The van der Waals surface area contributed by atoms with Crippen LogP contribution in [0.5, 0.6) is 0 Å². The summed E-state index contributed by atoms with van der Waals surface area (Å²) in [6.07, 6.45) is 6.33. The number of carbonyl (C=O) groups is 2. The molecular formula is C28H24N4O2S. The zero-order valence-corrected chi connectivity index (χ0v) is 20.1. The quantitative estimate of drug-likeness (QED) is 0.431. The van der Waals surface area contributed by atoms with Gasteiger partial charge < -0.3 is 10.2 Å². The van der Waals surface area contributed by atoms with Crippen molar-refractivity contribution in [3.05, 3.63) is 88.7 Å². The molecule has 0 bridgehead atoms. The number of thiophene rings is 1. The van der Waals surface area contributed by atoms with E-state index in [0.29, 0.717) is 24.7 Å². The van der Waals surface area contributed by atoms with Crippen molar-refractivity contribution in [3.8, 4) is 21.7 Å². The minimum atomic E-state index is -0.136. The average molecular weight is 481 g/mol. The second-order valence-electron chi connectivity index (χ2n) is 9.04. The Hall–Kier alpha value is -3.84. The second-order valence-corrected chi connectivity index (χ2v) is 10.1. The Morgan fingerprint density at radius 2 is 1.91 bits per heavy atom. The Bertz CT molecular complexity index is 1460. The molecule has 1 aliphatic carbocycles. The van der Waals surface area contributed by atoms with E-state index in [-0.39, 0.29) is 11.8 Å². The summed E-state index contributed by atoms with van der Waals surface area (Å²) in [7, 11) is 0. The molecule has 2 amide bonds. The molecule has 0 saturated heterocycles. The van der Waals surface area contributed by atoms with E-state index in [0.717, 1.165) is 56.2 Å². The highest BCUT2D eigenvalue weighted by Gasteiger charge is 2.29. The van der Waals surface area contributed by atoms with Crippen molar-refractivity contribution < 1.29 is 9.59 Å². The van der Waals surface area contributed by atoms with Crippen molar-refractivity contribution >= 4 is 28.8 Å². The van der Waals surface area contributed by atoms with Crippen molar-refractivity contribution in [2.75, 3.05) is 11.4 Å². The van der Waals surface area contributed by atoms with Gasteiger partial charge in [-0.25, -0.2) is 4.98 Å². The smallest absolute Gasteiger partial charge is 0.276 e. The third kappa shape index (κ3) is 4.12. The molecule has 35 heavy (non-hydrogen) atoms. The first-order valence-corrected chi connectivity index (χ1v) is 12.6.